The Hall–Kier alpha value is -1.04. The third kappa shape index (κ3) is 2.06. The standard InChI is InChI=1S/C14H20/c1-9(2)13-8-14(10(3)4)12(6)7-11(13)5/h7-8,10H,1H2,2-6H3. The summed E-state index contributed by atoms with van der Waals surface area (Å²) in [4.78, 5) is 0. The van der Waals surface area contributed by atoms with Crippen molar-refractivity contribution in [1.82, 2.24) is 0 Å². The van der Waals surface area contributed by atoms with Gasteiger partial charge in [-0.2, -0.15) is 0 Å². The van der Waals surface area contributed by atoms with Crippen LogP contribution in [-0.4, -0.2) is 0 Å². The van der Waals surface area contributed by atoms with Crippen LogP contribution in [0.4, 0.5) is 0 Å². The van der Waals surface area contributed by atoms with Crippen LogP contribution in [0.3, 0.4) is 0 Å². The first kappa shape index (κ1) is 11.0. The summed E-state index contributed by atoms with van der Waals surface area (Å²) in [5.74, 6) is 0.591. The number of hydrogen-bond donors (Lipinski definition) is 0. The molecule has 0 aliphatic heterocycles. The summed E-state index contributed by atoms with van der Waals surface area (Å²) in [6.07, 6.45) is 0. The van der Waals surface area contributed by atoms with Crippen LogP contribution < -0.4 is 0 Å². The van der Waals surface area contributed by atoms with E-state index >= 15 is 0 Å². The van der Waals surface area contributed by atoms with Crippen LogP contribution in [-0.2, 0) is 0 Å². The van der Waals surface area contributed by atoms with Crippen molar-refractivity contribution < 1.29 is 0 Å². The Morgan fingerprint density at radius 3 is 2.14 bits per heavy atom. The Labute approximate surface area is 87.7 Å². The second-order valence-corrected chi connectivity index (χ2v) is 4.46. The summed E-state index contributed by atoms with van der Waals surface area (Å²) in [5, 5.41) is 0. The molecule has 76 valence electrons. The summed E-state index contributed by atoms with van der Waals surface area (Å²) in [7, 11) is 0. The fraction of sp³-hybridized carbons (Fsp3) is 0.429. The maximum atomic E-state index is 4.02. The first-order valence-electron chi connectivity index (χ1n) is 5.20. The van der Waals surface area contributed by atoms with Crippen LogP contribution >= 0.6 is 0 Å². The van der Waals surface area contributed by atoms with Crippen LogP contribution in [0.5, 0.6) is 0 Å². The Bertz CT molecular complexity index is 357. The number of rotatable bonds is 2. The Balaban J connectivity index is 3.34. The number of hydrogen-bond acceptors (Lipinski definition) is 0. The molecule has 0 heterocycles. The summed E-state index contributed by atoms with van der Waals surface area (Å²) in [6.45, 7) is 14.9. The van der Waals surface area contributed by atoms with Crippen molar-refractivity contribution in [2.75, 3.05) is 0 Å². The highest BCUT2D eigenvalue weighted by atomic mass is 14.1. The van der Waals surface area contributed by atoms with E-state index < -0.39 is 0 Å². The van der Waals surface area contributed by atoms with Crippen LogP contribution in [0, 0.1) is 13.8 Å². The van der Waals surface area contributed by atoms with Crippen LogP contribution in [0.1, 0.15) is 48.9 Å². The highest BCUT2D eigenvalue weighted by Crippen LogP contribution is 2.26. The fourth-order valence-corrected chi connectivity index (χ4v) is 1.95. The number of aryl methyl sites for hydroxylation is 2. The van der Waals surface area contributed by atoms with E-state index in [4.69, 9.17) is 0 Å². The van der Waals surface area contributed by atoms with E-state index in [9.17, 15) is 0 Å². The molecule has 0 spiro atoms. The molecule has 0 bridgehead atoms. The Morgan fingerprint density at radius 1 is 1.14 bits per heavy atom. The van der Waals surface area contributed by atoms with Gasteiger partial charge in [0, 0.05) is 0 Å². The minimum atomic E-state index is 0.591. The van der Waals surface area contributed by atoms with Crippen molar-refractivity contribution >= 4 is 5.57 Å². The SMILES string of the molecule is C=C(C)c1cc(C(C)C)c(C)cc1C. The average molecular weight is 188 g/mol. The smallest absolute Gasteiger partial charge is 0.0201 e. The van der Waals surface area contributed by atoms with E-state index in [1.807, 2.05) is 0 Å². The average Bonchev–Trinajstić information content (AvgIpc) is 2.02. The lowest BCUT2D eigenvalue weighted by atomic mass is 9.91. The van der Waals surface area contributed by atoms with Gasteiger partial charge in [0.05, 0.1) is 0 Å². The molecule has 0 atom stereocenters. The first-order valence-corrected chi connectivity index (χ1v) is 5.20. The monoisotopic (exact) mass is 188 g/mol. The second-order valence-electron chi connectivity index (χ2n) is 4.46. The fourth-order valence-electron chi connectivity index (χ4n) is 1.95. The zero-order valence-corrected chi connectivity index (χ0v) is 9.94. The van der Waals surface area contributed by atoms with E-state index in [2.05, 4.69) is 53.3 Å². The van der Waals surface area contributed by atoms with E-state index in [-0.39, 0.29) is 0 Å². The molecule has 0 unspecified atom stereocenters. The predicted molar refractivity (Wildman–Crippen MR) is 64.7 cm³/mol. The van der Waals surface area contributed by atoms with Gasteiger partial charge in [0.15, 0.2) is 0 Å². The van der Waals surface area contributed by atoms with Gasteiger partial charge in [-0.05, 0) is 48.9 Å². The minimum Gasteiger partial charge on any atom is -0.0955 e. The maximum absolute atomic E-state index is 4.02. The van der Waals surface area contributed by atoms with Crippen molar-refractivity contribution in [1.29, 1.82) is 0 Å². The molecule has 0 nitrogen and oxygen atoms in total. The summed E-state index contributed by atoms with van der Waals surface area (Å²) < 4.78 is 0. The molecule has 1 aromatic rings. The van der Waals surface area contributed by atoms with E-state index in [0.717, 1.165) is 5.57 Å². The second kappa shape index (κ2) is 4.00. The van der Waals surface area contributed by atoms with Gasteiger partial charge in [0.2, 0.25) is 0 Å². The highest BCUT2D eigenvalue weighted by molar-refractivity contribution is 5.66. The molecular formula is C14H20. The molecular weight excluding hydrogens is 168 g/mol. The van der Waals surface area contributed by atoms with Gasteiger partial charge in [0.1, 0.15) is 0 Å². The summed E-state index contributed by atoms with van der Waals surface area (Å²) >= 11 is 0. The third-order valence-electron chi connectivity index (χ3n) is 2.69. The van der Waals surface area contributed by atoms with Crippen molar-refractivity contribution in [3.8, 4) is 0 Å². The zero-order valence-electron chi connectivity index (χ0n) is 9.94. The molecule has 0 amide bonds. The van der Waals surface area contributed by atoms with Crippen molar-refractivity contribution in [2.45, 2.75) is 40.5 Å². The third-order valence-corrected chi connectivity index (χ3v) is 2.69. The molecule has 0 saturated heterocycles. The van der Waals surface area contributed by atoms with Crippen molar-refractivity contribution in [3.05, 3.63) is 41.0 Å². The van der Waals surface area contributed by atoms with Crippen molar-refractivity contribution in [2.24, 2.45) is 0 Å². The molecule has 0 aliphatic rings. The first-order chi connectivity index (χ1) is 6.43. The van der Waals surface area contributed by atoms with Crippen LogP contribution in [0.25, 0.3) is 5.57 Å². The molecule has 0 N–H and O–H groups in total. The van der Waals surface area contributed by atoms with Gasteiger partial charge >= 0.3 is 0 Å². The van der Waals surface area contributed by atoms with Gasteiger partial charge in [0.25, 0.3) is 0 Å². The van der Waals surface area contributed by atoms with Crippen LogP contribution in [0.2, 0.25) is 0 Å². The zero-order chi connectivity index (χ0) is 10.9. The molecule has 0 aromatic heterocycles. The molecule has 1 aromatic carbocycles. The lowest BCUT2D eigenvalue weighted by molar-refractivity contribution is 0.855. The van der Waals surface area contributed by atoms with Crippen LogP contribution in [0.15, 0.2) is 18.7 Å². The van der Waals surface area contributed by atoms with Gasteiger partial charge in [-0.3, -0.25) is 0 Å². The van der Waals surface area contributed by atoms with E-state index in [1.54, 1.807) is 0 Å². The molecule has 14 heavy (non-hydrogen) atoms. The predicted octanol–water partition coefficient (Wildman–Crippen LogP) is 4.46. The van der Waals surface area contributed by atoms with E-state index in [1.165, 1.54) is 22.3 Å². The quantitative estimate of drug-likeness (QED) is 0.642. The minimum absolute atomic E-state index is 0.591. The highest BCUT2D eigenvalue weighted by Gasteiger charge is 2.07. The number of benzene rings is 1. The van der Waals surface area contributed by atoms with Gasteiger partial charge in [-0.25, -0.2) is 0 Å². The molecule has 0 radical (unpaired) electrons. The molecule has 1 rings (SSSR count). The Morgan fingerprint density at radius 2 is 1.71 bits per heavy atom. The maximum Gasteiger partial charge on any atom is -0.0201 e. The molecule has 0 aliphatic carbocycles. The van der Waals surface area contributed by atoms with Gasteiger partial charge in [-0.1, -0.05) is 38.1 Å². The summed E-state index contributed by atoms with van der Waals surface area (Å²) in [5.41, 5.74) is 6.62. The lowest BCUT2D eigenvalue weighted by Crippen LogP contribution is -1.96. The lowest BCUT2D eigenvalue weighted by Gasteiger charge is -2.14. The summed E-state index contributed by atoms with van der Waals surface area (Å²) in [6, 6.07) is 4.55. The molecule has 0 saturated carbocycles. The Kier molecular flexibility index (Phi) is 3.15. The van der Waals surface area contributed by atoms with Gasteiger partial charge < -0.3 is 0 Å². The molecule has 0 heteroatoms. The van der Waals surface area contributed by atoms with E-state index in [0.29, 0.717) is 5.92 Å². The largest absolute Gasteiger partial charge is 0.0955 e. The topological polar surface area (TPSA) is 0 Å². The van der Waals surface area contributed by atoms with Gasteiger partial charge in [-0.15, -0.1) is 0 Å². The molecule has 0 fully saturated rings. The van der Waals surface area contributed by atoms with Crippen molar-refractivity contribution in [3.63, 3.8) is 0 Å². The normalized spacial score (nSPS) is 10.7. The number of allylic oxidation sites excluding steroid dienone is 1.